The molecule has 2 heterocycles. The average molecular weight is 480 g/mol. The van der Waals surface area contributed by atoms with Crippen LogP contribution in [0.1, 0.15) is 41.0 Å². The predicted octanol–water partition coefficient (Wildman–Crippen LogP) is 4.81. The molecule has 0 aliphatic carbocycles. The van der Waals surface area contributed by atoms with E-state index in [0.717, 1.165) is 22.4 Å². The van der Waals surface area contributed by atoms with Crippen LogP contribution in [0.5, 0.6) is 0 Å². The second-order valence-electron chi connectivity index (χ2n) is 8.72. The molecule has 4 rings (SSSR count). The number of nitrogens with one attached hydrogen (secondary N) is 1. The van der Waals surface area contributed by atoms with E-state index in [2.05, 4.69) is 10.5 Å². The molecule has 1 aliphatic rings. The molecule has 0 spiro atoms. The quantitative estimate of drug-likeness (QED) is 0.548. The summed E-state index contributed by atoms with van der Waals surface area (Å²) in [5.41, 5.74) is 3.99. The SMILES string of the molecule is Cc1ccc(C)c(NC(=O)[C@@H]2CCCN(S(=O)(=O)c3c(C)noc3/C=C/c3ccccc3)C2)c1. The summed E-state index contributed by atoms with van der Waals surface area (Å²) >= 11 is 0. The zero-order chi connectivity index (χ0) is 24.3. The summed E-state index contributed by atoms with van der Waals surface area (Å²) in [6, 6.07) is 15.4. The van der Waals surface area contributed by atoms with Crippen LogP contribution < -0.4 is 5.32 Å². The van der Waals surface area contributed by atoms with Crippen LogP contribution in [0.4, 0.5) is 5.69 Å². The smallest absolute Gasteiger partial charge is 0.248 e. The number of nitrogens with zero attached hydrogens (tertiary/aromatic N) is 2. The zero-order valence-electron chi connectivity index (χ0n) is 19.6. The van der Waals surface area contributed by atoms with E-state index >= 15 is 0 Å². The highest BCUT2D eigenvalue weighted by Crippen LogP contribution is 2.30. The van der Waals surface area contributed by atoms with Crippen LogP contribution in [0.2, 0.25) is 0 Å². The highest BCUT2D eigenvalue weighted by atomic mass is 32.2. The summed E-state index contributed by atoms with van der Waals surface area (Å²) in [6.45, 7) is 5.99. The van der Waals surface area contributed by atoms with Gasteiger partial charge in [-0.15, -0.1) is 0 Å². The Hall–Kier alpha value is -3.23. The van der Waals surface area contributed by atoms with E-state index < -0.39 is 15.9 Å². The Bertz CT molecular complexity index is 1310. The number of hydrogen-bond acceptors (Lipinski definition) is 5. The lowest BCUT2D eigenvalue weighted by Gasteiger charge is -2.31. The van der Waals surface area contributed by atoms with E-state index in [-0.39, 0.29) is 23.1 Å². The standard InChI is InChI=1S/C26H29N3O4S/c1-18-11-12-19(2)23(16-18)27-26(30)22-10-7-15-29(17-22)34(31,32)25-20(3)28-33-24(25)14-13-21-8-5-4-6-9-21/h4-6,8-9,11-14,16,22H,7,10,15,17H2,1-3H3,(H,27,30)/b14-13+/t22-/m1/s1. The van der Waals surface area contributed by atoms with Crippen molar-refractivity contribution in [3.8, 4) is 0 Å². The molecule has 1 amide bonds. The van der Waals surface area contributed by atoms with Crippen LogP contribution in [0.15, 0.2) is 57.9 Å². The minimum atomic E-state index is -3.89. The van der Waals surface area contributed by atoms with E-state index in [4.69, 9.17) is 4.52 Å². The number of carbonyl (C=O) groups excluding carboxylic acids is 1. The molecule has 1 aliphatic heterocycles. The largest absolute Gasteiger partial charge is 0.355 e. The van der Waals surface area contributed by atoms with E-state index in [1.807, 2.05) is 62.4 Å². The van der Waals surface area contributed by atoms with Gasteiger partial charge in [0.2, 0.25) is 15.9 Å². The lowest BCUT2D eigenvalue weighted by atomic mass is 9.98. The second-order valence-corrected chi connectivity index (χ2v) is 10.6. The summed E-state index contributed by atoms with van der Waals surface area (Å²) < 4.78 is 33.9. The van der Waals surface area contributed by atoms with Crippen LogP contribution in [0.3, 0.4) is 0 Å². The van der Waals surface area contributed by atoms with E-state index in [1.165, 1.54) is 4.31 Å². The number of sulfonamides is 1. The number of aromatic nitrogens is 1. The van der Waals surface area contributed by atoms with Gasteiger partial charge in [-0.3, -0.25) is 4.79 Å². The summed E-state index contributed by atoms with van der Waals surface area (Å²) in [4.78, 5) is 13.1. The van der Waals surface area contributed by atoms with Crippen LogP contribution in [0.25, 0.3) is 12.2 Å². The number of hydrogen-bond donors (Lipinski definition) is 1. The number of benzene rings is 2. The average Bonchev–Trinajstić information content (AvgIpc) is 3.22. The van der Waals surface area contributed by atoms with Crippen LogP contribution >= 0.6 is 0 Å². The lowest BCUT2D eigenvalue weighted by molar-refractivity contribution is -0.120. The lowest BCUT2D eigenvalue weighted by Crippen LogP contribution is -2.44. The molecule has 7 nitrogen and oxygen atoms in total. The first-order valence-electron chi connectivity index (χ1n) is 11.3. The maximum atomic E-state index is 13.6. The van der Waals surface area contributed by atoms with Gasteiger partial charge in [0.15, 0.2) is 10.7 Å². The number of piperidine rings is 1. The molecule has 3 aromatic rings. The van der Waals surface area contributed by atoms with Crippen molar-refractivity contribution in [3.63, 3.8) is 0 Å². The molecule has 1 N–H and O–H groups in total. The fraction of sp³-hybridized carbons (Fsp3) is 0.308. The number of amides is 1. The van der Waals surface area contributed by atoms with Crippen molar-refractivity contribution < 1.29 is 17.7 Å². The molecule has 0 bridgehead atoms. The van der Waals surface area contributed by atoms with Gasteiger partial charge in [-0.1, -0.05) is 53.7 Å². The fourth-order valence-corrected chi connectivity index (χ4v) is 5.92. The van der Waals surface area contributed by atoms with Crippen molar-refractivity contribution in [3.05, 3.63) is 76.7 Å². The maximum absolute atomic E-state index is 13.6. The first-order chi connectivity index (χ1) is 16.3. The minimum Gasteiger partial charge on any atom is -0.355 e. The molecular formula is C26H29N3O4S. The van der Waals surface area contributed by atoms with Crippen molar-refractivity contribution in [2.45, 2.75) is 38.5 Å². The monoisotopic (exact) mass is 479 g/mol. The van der Waals surface area contributed by atoms with Crippen molar-refractivity contribution in [1.29, 1.82) is 0 Å². The Morgan fingerprint density at radius 1 is 1.12 bits per heavy atom. The van der Waals surface area contributed by atoms with E-state index in [0.29, 0.717) is 25.1 Å². The molecular weight excluding hydrogens is 450 g/mol. The molecule has 0 unspecified atom stereocenters. The number of rotatable bonds is 6. The topological polar surface area (TPSA) is 92.5 Å². The van der Waals surface area contributed by atoms with Crippen molar-refractivity contribution in [2.24, 2.45) is 5.92 Å². The van der Waals surface area contributed by atoms with Gasteiger partial charge in [0, 0.05) is 18.8 Å². The van der Waals surface area contributed by atoms with E-state index in [9.17, 15) is 13.2 Å². The summed E-state index contributed by atoms with van der Waals surface area (Å²) in [5.74, 6) is -0.421. The molecule has 1 aromatic heterocycles. The van der Waals surface area contributed by atoms with Crippen molar-refractivity contribution >= 4 is 33.8 Å². The van der Waals surface area contributed by atoms with Gasteiger partial charge in [0.1, 0.15) is 5.69 Å². The first kappa shape index (κ1) is 23.9. The van der Waals surface area contributed by atoms with Gasteiger partial charge < -0.3 is 9.84 Å². The molecule has 34 heavy (non-hydrogen) atoms. The number of carbonyl (C=O) groups is 1. The van der Waals surface area contributed by atoms with Gasteiger partial charge >= 0.3 is 0 Å². The third-order valence-corrected chi connectivity index (χ3v) is 8.09. The normalized spacial score (nSPS) is 17.2. The molecule has 1 saturated heterocycles. The molecule has 1 fully saturated rings. The summed E-state index contributed by atoms with van der Waals surface area (Å²) in [5, 5.41) is 6.89. The molecule has 178 valence electrons. The van der Waals surface area contributed by atoms with Gasteiger partial charge in [-0.25, -0.2) is 8.42 Å². The Morgan fingerprint density at radius 3 is 2.65 bits per heavy atom. The minimum absolute atomic E-state index is 0.0512. The Balaban J connectivity index is 1.54. The predicted molar refractivity (Wildman–Crippen MR) is 133 cm³/mol. The third-order valence-electron chi connectivity index (χ3n) is 6.06. The van der Waals surface area contributed by atoms with Gasteiger partial charge in [-0.05, 0) is 62.4 Å². The summed E-state index contributed by atoms with van der Waals surface area (Å²) in [7, 11) is -3.89. The summed E-state index contributed by atoms with van der Waals surface area (Å²) in [6.07, 6.45) is 4.64. The van der Waals surface area contributed by atoms with Gasteiger partial charge in [-0.2, -0.15) is 4.31 Å². The van der Waals surface area contributed by atoms with Crippen LogP contribution in [-0.4, -0.2) is 36.9 Å². The molecule has 0 radical (unpaired) electrons. The fourth-order valence-electron chi connectivity index (χ4n) is 4.14. The maximum Gasteiger partial charge on any atom is 0.248 e. The number of aryl methyl sites for hydroxylation is 3. The molecule has 0 saturated carbocycles. The van der Waals surface area contributed by atoms with Crippen molar-refractivity contribution in [1.82, 2.24) is 9.46 Å². The third kappa shape index (κ3) is 5.13. The molecule has 8 heteroatoms. The van der Waals surface area contributed by atoms with Crippen molar-refractivity contribution in [2.75, 3.05) is 18.4 Å². The van der Waals surface area contributed by atoms with Gasteiger partial charge in [0.05, 0.1) is 5.92 Å². The zero-order valence-corrected chi connectivity index (χ0v) is 20.4. The second kappa shape index (κ2) is 9.95. The van der Waals surface area contributed by atoms with E-state index in [1.54, 1.807) is 19.1 Å². The Labute approximate surface area is 200 Å². The molecule has 1 atom stereocenters. The van der Waals surface area contributed by atoms with Crippen LogP contribution in [0, 0.1) is 26.7 Å². The highest BCUT2D eigenvalue weighted by molar-refractivity contribution is 7.89. The molecule has 2 aromatic carbocycles. The first-order valence-corrected chi connectivity index (χ1v) is 12.8. The van der Waals surface area contributed by atoms with Gasteiger partial charge in [0.25, 0.3) is 0 Å². The highest BCUT2D eigenvalue weighted by Gasteiger charge is 2.37. The Kier molecular flexibility index (Phi) is 7.00. The van der Waals surface area contributed by atoms with Crippen LogP contribution in [-0.2, 0) is 14.8 Å². The Morgan fingerprint density at radius 2 is 1.88 bits per heavy atom. The number of anilines is 1.